The standard InChI is InChI=1S/C12H23NO2/c1-10(2)7-6-8-11(3)9-12(14)13(4)15-5/h7,11H,6,8-9H2,1-5H3/t11-/m0/s1. The van der Waals surface area contributed by atoms with Crippen molar-refractivity contribution in [3.8, 4) is 0 Å². The van der Waals surface area contributed by atoms with E-state index in [0.29, 0.717) is 12.3 Å². The van der Waals surface area contributed by atoms with Gasteiger partial charge in [-0.3, -0.25) is 9.63 Å². The van der Waals surface area contributed by atoms with E-state index >= 15 is 0 Å². The molecular weight excluding hydrogens is 190 g/mol. The third-order valence-electron chi connectivity index (χ3n) is 2.36. The molecule has 88 valence electrons. The van der Waals surface area contributed by atoms with Gasteiger partial charge in [0, 0.05) is 13.5 Å². The van der Waals surface area contributed by atoms with Gasteiger partial charge in [-0.2, -0.15) is 0 Å². The molecule has 0 aromatic carbocycles. The predicted octanol–water partition coefficient (Wildman–Crippen LogP) is 2.78. The zero-order chi connectivity index (χ0) is 11.8. The summed E-state index contributed by atoms with van der Waals surface area (Å²) >= 11 is 0. The molecule has 0 aliphatic rings. The van der Waals surface area contributed by atoms with E-state index in [4.69, 9.17) is 4.84 Å². The average molecular weight is 213 g/mol. The van der Waals surface area contributed by atoms with Crippen LogP contribution >= 0.6 is 0 Å². The van der Waals surface area contributed by atoms with Crippen molar-refractivity contribution < 1.29 is 9.63 Å². The molecule has 0 spiro atoms. The SMILES string of the molecule is CON(C)C(=O)C[C@@H](C)CCC=C(C)C. The van der Waals surface area contributed by atoms with Crippen LogP contribution in [0.5, 0.6) is 0 Å². The minimum atomic E-state index is 0.0437. The lowest BCUT2D eigenvalue weighted by atomic mass is 10.0. The summed E-state index contributed by atoms with van der Waals surface area (Å²) in [4.78, 5) is 16.3. The highest BCUT2D eigenvalue weighted by Gasteiger charge is 2.12. The molecule has 0 saturated heterocycles. The zero-order valence-corrected chi connectivity index (χ0v) is 10.5. The van der Waals surface area contributed by atoms with Crippen LogP contribution in [0.4, 0.5) is 0 Å². The first kappa shape index (κ1) is 14.2. The molecule has 1 amide bonds. The van der Waals surface area contributed by atoms with Gasteiger partial charge in [0.2, 0.25) is 5.91 Å². The van der Waals surface area contributed by atoms with E-state index in [0.717, 1.165) is 12.8 Å². The van der Waals surface area contributed by atoms with Crippen LogP contribution in [-0.2, 0) is 9.63 Å². The summed E-state index contributed by atoms with van der Waals surface area (Å²) in [6.07, 6.45) is 4.86. The molecule has 0 aliphatic heterocycles. The van der Waals surface area contributed by atoms with Crippen molar-refractivity contribution in [1.29, 1.82) is 0 Å². The van der Waals surface area contributed by atoms with Crippen LogP contribution in [0.2, 0.25) is 0 Å². The van der Waals surface area contributed by atoms with Crippen molar-refractivity contribution in [3.05, 3.63) is 11.6 Å². The Hall–Kier alpha value is -0.830. The molecule has 0 bridgehead atoms. The molecule has 0 unspecified atom stereocenters. The molecule has 0 aromatic rings. The first-order valence-corrected chi connectivity index (χ1v) is 5.41. The van der Waals surface area contributed by atoms with Crippen molar-refractivity contribution in [2.45, 2.75) is 40.0 Å². The van der Waals surface area contributed by atoms with Crippen LogP contribution in [0.15, 0.2) is 11.6 Å². The highest BCUT2D eigenvalue weighted by molar-refractivity contribution is 5.74. The van der Waals surface area contributed by atoms with E-state index in [1.54, 1.807) is 7.05 Å². The summed E-state index contributed by atoms with van der Waals surface area (Å²) in [5.41, 5.74) is 1.34. The van der Waals surface area contributed by atoms with Gasteiger partial charge in [0.1, 0.15) is 0 Å². The van der Waals surface area contributed by atoms with E-state index in [1.807, 2.05) is 0 Å². The Morgan fingerprint density at radius 2 is 2.07 bits per heavy atom. The van der Waals surface area contributed by atoms with Crippen molar-refractivity contribution in [2.75, 3.05) is 14.2 Å². The lowest BCUT2D eigenvalue weighted by Gasteiger charge is -2.16. The fourth-order valence-corrected chi connectivity index (χ4v) is 1.29. The number of hydroxylamine groups is 2. The smallest absolute Gasteiger partial charge is 0.246 e. The molecule has 15 heavy (non-hydrogen) atoms. The zero-order valence-electron chi connectivity index (χ0n) is 10.5. The number of hydrogen-bond donors (Lipinski definition) is 0. The molecule has 0 fully saturated rings. The van der Waals surface area contributed by atoms with E-state index in [9.17, 15) is 4.79 Å². The Bertz CT molecular complexity index is 220. The second-order valence-corrected chi connectivity index (χ2v) is 4.24. The van der Waals surface area contributed by atoms with Crippen LogP contribution in [0.3, 0.4) is 0 Å². The lowest BCUT2D eigenvalue weighted by molar-refractivity contribution is -0.169. The maximum atomic E-state index is 11.5. The summed E-state index contributed by atoms with van der Waals surface area (Å²) in [6, 6.07) is 0. The van der Waals surface area contributed by atoms with Crippen molar-refractivity contribution in [2.24, 2.45) is 5.92 Å². The molecular formula is C12H23NO2. The minimum absolute atomic E-state index is 0.0437. The second-order valence-electron chi connectivity index (χ2n) is 4.24. The number of hydrogen-bond acceptors (Lipinski definition) is 2. The molecule has 0 aromatic heterocycles. The number of allylic oxidation sites excluding steroid dienone is 2. The fourth-order valence-electron chi connectivity index (χ4n) is 1.29. The average Bonchev–Trinajstić information content (AvgIpc) is 2.15. The monoisotopic (exact) mass is 213 g/mol. The maximum absolute atomic E-state index is 11.5. The van der Waals surface area contributed by atoms with Gasteiger partial charge < -0.3 is 0 Å². The third-order valence-corrected chi connectivity index (χ3v) is 2.36. The Labute approximate surface area is 93.1 Å². The van der Waals surface area contributed by atoms with Gasteiger partial charge in [-0.25, -0.2) is 5.06 Å². The molecule has 0 saturated carbocycles. The summed E-state index contributed by atoms with van der Waals surface area (Å²) in [5.74, 6) is 0.452. The van der Waals surface area contributed by atoms with Crippen LogP contribution in [0.1, 0.15) is 40.0 Å². The summed E-state index contributed by atoms with van der Waals surface area (Å²) in [7, 11) is 3.15. The lowest BCUT2D eigenvalue weighted by Crippen LogP contribution is -2.26. The molecule has 0 aliphatic carbocycles. The van der Waals surface area contributed by atoms with Gasteiger partial charge in [-0.1, -0.05) is 18.6 Å². The van der Waals surface area contributed by atoms with E-state index in [1.165, 1.54) is 17.7 Å². The Morgan fingerprint density at radius 1 is 1.47 bits per heavy atom. The van der Waals surface area contributed by atoms with E-state index < -0.39 is 0 Å². The summed E-state index contributed by atoms with van der Waals surface area (Å²) in [5, 5.41) is 1.29. The summed E-state index contributed by atoms with van der Waals surface area (Å²) in [6.45, 7) is 6.28. The number of amides is 1. The van der Waals surface area contributed by atoms with Gasteiger partial charge >= 0.3 is 0 Å². The van der Waals surface area contributed by atoms with Crippen LogP contribution in [0.25, 0.3) is 0 Å². The van der Waals surface area contributed by atoms with Crippen LogP contribution < -0.4 is 0 Å². The predicted molar refractivity (Wildman–Crippen MR) is 62.2 cm³/mol. The van der Waals surface area contributed by atoms with Gasteiger partial charge in [-0.15, -0.1) is 0 Å². The molecule has 0 radical (unpaired) electrons. The van der Waals surface area contributed by atoms with E-state index in [-0.39, 0.29) is 5.91 Å². The van der Waals surface area contributed by atoms with Gasteiger partial charge in [0.05, 0.1) is 7.11 Å². The maximum Gasteiger partial charge on any atom is 0.246 e. The highest BCUT2D eigenvalue weighted by atomic mass is 16.7. The van der Waals surface area contributed by atoms with Crippen LogP contribution in [-0.4, -0.2) is 25.1 Å². The molecule has 0 heterocycles. The normalized spacial score (nSPS) is 12.1. The largest absolute Gasteiger partial charge is 0.275 e. The first-order chi connectivity index (χ1) is 6.97. The van der Waals surface area contributed by atoms with Gasteiger partial charge in [0.25, 0.3) is 0 Å². The fraction of sp³-hybridized carbons (Fsp3) is 0.750. The first-order valence-electron chi connectivity index (χ1n) is 5.41. The Morgan fingerprint density at radius 3 is 2.53 bits per heavy atom. The number of nitrogens with zero attached hydrogens (tertiary/aromatic N) is 1. The van der Waals surface area contributed by atoms with Gasteiger partial charge in [0.15, 0.2) is 0 Å². The number of carbonyl (C=O) groups is 1. The second kappa shape index (κ2) is 7.46. The number of rotatable bonds is 6. The van der Waals surface area contributed by atoms with Crippen LogP contribution in [0, 0.1) is 5.92 Å². The highest BCUT2D eigenvalue weighted by Crippen LogP contribution is 2.13. The third kappa shape index (κ3) is 7.14. The molecule has 1 atom stereocenters. The topological polar surface area (TPSA) is 29.5 Å². The Kier molecular flexibility index (Phi) is 7.05. The van der Waals surface area contributed by atoms with Crippen molar-refractivity contribution in [3.63, 3.8) is 0 Å². The molecule has 3 nitrogen and oxygen atoms in total. The number of carbonyl (C=O) groups excluding carboxylic acids is 1. The van der Waals surface area contributed by atoms with E-state index in [2.05, 4.69) is 26.8 Å². The molecule has 3 heteroatoms. The van der Waals surface area contributed by atoms with Gasteiger partial charge in [-0.05, 0) is 32.6 Å². The van der Waals surface area contributed by atoms with Crippen molar-refractivity contribution >= 4 is 5.91 Å². The van der Waals surface area contributed by atoms with Crippen molar-refractivity contribution in [1.82, 2.24) is 5.06 Å². The minimum Gasteiger partial charge on any atom is -0.275 e. The molecule has 0 rings (SSSR count). The molecule has 0 N–H and O–H groups in total. The Balaban J connectivity index is 3.78. The quantitative estimate of drug-likeness (QED) is 0.501. The summed E-state index contributed by atoms with van der Waals surface area (Å²) < 4.78 is 0.